The van der Waals surface area contributed by atoms with E-state index in [2.05, 4.69) is 15.6 Å². The van der Waals surface area contributed by atoms with Gasteiger partial charge >= 0.3 is 0 Å². The van der Waals surface area contributed by atoms with Crippen LogP contribution in [0.3, 0.4) is 0 Å². The van der Waals surface area contributed by atoms with E-state index in [0.29, 0.717) is 11.6 Å². The van der Waals surface area contributed by atoms with Crippen LogP contribution >= 0.6 is 11.8 Å². The topological polar surface area (TPSA) is 80.1 Å². The molecule has 0 unspecified atom stereocenters. The molecule has 128 valence electrons. The highest BCUT2D eigenvalue weighted by Crippen LogP contribution is 2.22. The van der Waals surface area contributed by atoms with Crippen LogP contribution in [0, 0.1) is 0 Å². The Labute approximate surface area is 144 Å². The Balaban J connectivity index is 1.70. The van der Waals surface area contributed by atoms with Crippen LogP contribution in [-0.4, -0.2) is 55.4 Å². The fraction of sp³-hybridized carbons (Fsp3) is 0.500. The number of hydrogen-bond acceptors (Lipinski definition) is 5. The van der Waals surface area contributed by atoms with Gasteiger partial charge < -0.3 is 10.2 Å². The number of benzene rings is 1. The molecule has 1 N–H and O–H groups in total. The molecule has 3 rings (SSSR count). The van der Waals surface area contributed by atoms with Crippen molar-refractivity contribution in [1.29, 1.82) is 0 Å². The van der Waals surface area contributed by atoms with Crippen molar-refractivity contribution in [2.75, 3.05) is 11.6 Å². The molecule has 0 aliphatic carbocycles. The molecule has 0 radical (unpaired) electrons. The van der Waals surface area contributed by atoms with Gasteiger partial charge in [0, 0.05) is 11.8 Å². The summed E-state index contributed by atoms with van der Waals surface area (Å²) in [7, 11) is 0. The number of fused-ring (bicyclic) bond motifs is 1. The molecule has 1 aliphatic heterocycles. The molecule has 0 spiro atoms. The number of nitrogens with one attached hydrogen (secondary N) is 1. The Hall–Kier alpha value is -2.09. The average molecular weight is 347 g/mol. The predicted octanol–water partition coefficient (Wildman–Crippen LogP) is 1.25. The number of para-hydroxylation sites is 1. The molecule has 24 heavy (non-hydrogen) atoms. The highest BCUT2D eigenvalue weighted by atomic mass is 32.2. The van der Waals surface area contributed by atoms with Gasteiger partial charge in [0.1, 0.15) is 18.1 Å². The number of carbonyl (C=O) groups excluding carboxylic acids is 2. The van der Waals surface area contributed by atoms with Crippen molar-refractivity contribution < 1.29 is 9.59 Å². The number of nitrogens with zero attached hydrogens (tertiary/aromatic N) is 4. The van der Waals surface area contributed by atoms with Crippen LogP contribution in [-0.2, 0) is 16.1 Å². The Morgan fingerprint density at radius 1 is 1.42 bits per heavy atom. The predicted molar refractivity (Wildman–Crippen MR) is 93.4 cm³/mol. The Bertz CT molecular complexity index is 747. The average Bonchev–Trinajstić information content (AvgIpc) is 3.22. The Morgan fingerprint density at radius 3 is 3.00 bits per heavy atom. The SMILES string of the molecule is CC[C@H](C)NC(=O)[C@H]1CSCN1C(=O)Cn1nnc2ccccc21. The van der Waals surface area contributed by atoms with Gasteiger partial charge in [-0.2, -0.15) is 0 Å². The van der Waals surface area contributed by atoms with E-state index in [1.807, 2.05) is 38.1 Å². The molecule has 0 bridgehead atoms. The van der Waals surface area contributed by atoms with Crippen LogP contribution in [0.25, 0.3) is 11.0 Å². The molecule has 1 saturated heterocycles. The van der Waals surface area contributed by atoms with E-state index in [4.69, 9.17) is 0 Å². The molecule has 7 nitrogen and oxygen atoms in total. The zero-order valence-electron chi connectivity index (χ0n) is 13.8. The highest BCUT2D eigenvalue weighted by molar-refractivity contribution is 7.99. The van der Waals surface area contributed by atoms with Gasteiger partial charge in [-0.3, -0.25) is 9.59 Å². The minimum Gasteiger partial charge on any atom is -0.352 e. The Morgan fingerprint density at radius 2 is 2.21 bits per heavy atom. The molecule has 0 saturated carbocycles. The summed E-state index contributed by atoms with van der Waals surface area (Å²) in [6, 6.07) is 7.22. The normalized spacial score (nSPS) is 18.8. The lowest BCUT2D eigenvalue weighted by molar-refractivity contribution is -0.138. The molecule has 1 aliphatic rings. The summed E-state index contributed by atoms with van der Waals surface area (Å²) in [6.07, 6.45) is 0.866. The molecule has 1 aromatic carbocycles. The number of rotatable bonds is 5. The standard InChI is InChI=1S/C16H21N5O2S/c1-3-11(2)17-16(23)14-9-24-10-20(14)15(22)8-21-13-7-5-4-6-12(13)18-19-21/h4-7,11,14H,3,8-10H2,1-2H3,(H,17,23)/t11-,14+/m0/s1. The van der Waals surface area contributed by atoms with E-state index in [-0.39, 0.29) is 24.4 Å². The fourth-order valence-electron chi connectivity index (χ4n) is 2.60. The number of thioether (sulfide) groups is 1. The zero-order chi connectivity index (χ0) is 17.1. The van der Waals surface area contributed by atoms with Gasteiger partial charge in [0.2, 0.25) is 11.8 Å². The van der Waals surface area contributed by atoms with Gasteiger partial charge in [0.15, 0.2) is 0 Å². The first kappa shape index (κ1) is 16.8. The molecule has 8 heteroatoms. The lowest BCUT2D eigenvalue weighted by Crippen LogP contribution is -2.50. The summed E-state index contributed by atoms with van der Waals surface area (Å²) in [5.74, 6) is 0.974. The van der Waals surface area contributed by atoms with Gasteiger partial charge in [-0.25, -0.2) is 4.68 Å². The van der Waals surface area contributed by atoms with Crippen LogP contribution < -0.4 is 5.32 Å². The molecule has 2 atom stereocenters. The second-order valence-corrected chi connectivity index (χ2v) is 6.93. The molecule has 2 aromatic rings. The van der Waals surface area contributed by atoms with Crippen LogP contribution in [0.2, 0.25) is 0 Å². The number of hydrogen-bond donors (Lipinski definition) is 1. The van der Waals surface area contributed by atoms with Crippen LogP contribution in [0.15, 0.2) is 24.3 Å². The van der Waals surface area contributed by atoms with Gasteiger partial charge in [-0.1, -0.05) is 24.3 Å². The molecule has 2 heterocycles. The molecule has 1 fully saturated rings. The first-order chi connectivity index (χ1) is 11.6. The van der Waals surface area contributed by atoms with Gasteiger partial charge in [-0.05, 0) is 25.5 Å². The van der Waals surface area contributed by atoms with Crippen molar-refractivity contribution in [3.8, 4) is 0 Å². The lowest BCUT2D eigenvalue weighted by Gasteiger charge is -2.24. The van der Waals surface area contributed by atoms with E-state index >= 15 is 0 Å². The summed E-state index contributed by atoms with van der Waals surface area (Å²) in [5.41, 5.74) is 1.57. The van der Waals surface area contributed by atoms with Crippen molar-refractivity contribution in [1.82, 2.24) is 25.2 Å². The number of aromatic nitrogens is 3. The fourth-order valence-corrected chi connectivity index (χ4v) is 3.78. The molecule has 2 amide bonds. The van der Waals surface area contributed by atoms with E-state index in [1.165, 1.54) is 0 Å². The molecule has 1 aromatic heterocycles. The largest absolute Gasteiger partial charge is 0.352 e. The Kier molecular flexibility index (Phi) is 5.03. The van der Waals surface area contributed by atoms with Crippen molar-refractivity contribution in [2.45, 2.75) is 38.9 Å². The molecular formula is C16H21N5O2S. The first-order valence-electron chi connectivity index (χ1n) is 8.06. The summed E-state index contributed by atoms with van der Waals surface area (Å²) in [5, 5.41) is 11.1. The third kappa shape index (κ3) is 3.38. The minimum atomic E-state index is -0.411. The van der Waals surface area contributed by atoms with E-state index in [1.54, 1.807) is 21.3 Å². The summed E-state index contributed by atoms with van der Waals surface area (Å²) in [4.78, 5) is 26.7. The first-order valence-corrected chi connectivity index (χ1v) is 9.21. The summed E-state index contributed by atoms with van der Waals surface area (Å²) >= 11 is 1.60. The van der Waals surface area contributed by atoms with Crippen LogP contribution in [0.1, 0.15) is 20.3 Å². The maximum absolute atomic E-state index is 12.7. The van der Waals surface area contributed by atoms with E-state index in [0.717, 1.165) is 17.5 Å². The smallest absolute Gasteiger partial charge is 0.245 e. The van der Waals surface area contributed by atoms with Crippen LogP contribution in [0.4, 0.5) is 0 Å². The highest BCUT2D eigenvalue weighted by Gasteiger charge is 2.35. The quantitative estimate of drug-likeness (QED) is 0.880. The minimum absolute atomic E-state index is 0.0776. The van der Waals surface area contributed by atoms with Gasteiger partial charge in [0.05, 0.1) is 11.4 Å². The van der Waals surface area contributed by atoms with Crippen molar-refractivity contribution >= 4 is 34.6 Å². The van der Waals surface area contributed by atoms with Crippen LogP contribution in [0.5, 0.6) is 0 Å². The summed E-state index contributed by atoms with van der Waals surface area (Å²) in [6.45, 7) is 4.08. The third-order valence-corrected chi connectivity index (χ3v) is 5.22. The van der Waals surface area contributed by atoms with E-state index < -0.39 is 6.04 Å². The zero-order valence-corrected chi connectivity index (χ0v) is 14.6. The van der Waals surface area contributed by atoms with Crippen molar-refractivity contribution in [3.63, 3.8) is 0 Å². The van der Waals surface area contributed by atoms with Crippen molar-refractivity contribution in [3.05, 3.63) is 24.3 Å². The third-order valence-electron chi connectivity index (χ3n) is 4.21. The second-order valence-electron chi connectivity index (χ2n) is 5.93. The number of amides is 2. The summed E-state index contributed by atoms with van der Waals surface area (Å²) < 4.78 is 1.59. The monoisotopic (exact) mass is 347 g/mol. The maximum Gasteiger partial charge on any atom is 0.245 e. The number of carbonyl (C=O) groups is 2. The van der Waals surface area contributed by atoms with E-state index in [9.17, 15) is 9.59 Å². The lowest BCUT2D eigenvalue weighted by atomic mass is 10.2. The molecular weight excluding hydrogens is 326 g/mol. The second kappa shape index (κ2) is 7.21. The van der Waals surface area contributed by atoms with Gasteiger partial charge in [0.25, 0.3) is 0 Å². The maximum atomic E-state index is 12.7. The van der Waals surface area contributed by atoms with Gasteiger partial charge in [-0.15, -0.1) is 16.9 Å². The van der Waals surface area contributed by atoms with Crippen molar-refractivity contribution in [2.24, 2.45) is 0 Å².